The Balaban J connectivity index is 2.78. The van der Waals surface area contributed by atoms with Crippen LogP contribution in [0.2, 0.25) is 0 Å². The van der Waals surface area contributed by atoms with Crippen LogP contribution in [-0.2, 0) is 4.79 Å². The highest BCUT2D eigenvalue weighted by Crippen LogP contribution is 2.31. The first-order valence-electron chi connectivity index (χ1n) is 5.85. The van der Waals surface area contributed by atoms with Gasteiger partial charge in [-0.1, -0.05) is 44.0 Å². The first-order valence-corrected chi connectivity index (χ1v) is 7.68. The van der Waals surface area contributed by atoms with E-state index in [1.807, 2.05) is 32.9 Å². The monoisotopic (exact) mass is 386 g/mol. The van der Waals surface area contributed by atoms with Gasteiger partial charge in [-0.2, -0.15) is 5.26 Å². The fraction of sp³-hybridized carbons (Fsp3) is 0.429. The van der Waals surface area contributed by atoms with Gasteiger partial charge in [-0.3, -0.25) is 4.79 Å². The molecular weight excluding hydrogens is 372 g/mol. The van der Waals surface area contributed by atoms with Crippen LogP contribution in [0.25, 0.3) is 0 Å². The van der Waals surface area contributed by atoms with Crippen molar-refractivity contribution in [2.75, 3.05) is 0 Å². The zero-order valence-electron chi connectivity index (χ0n) is 11.1. The second-order valence-electron chi connectivity index (χ2n) is 5.28. The number of alkyl halides is 2. The lowest BCUT2D eigenvalue weighted by Crippen LogP contribution is -2.45. The third kappa shape index (κ3) is 4.96. The predicted molar refractivity (Wildman–Crippen MR) is 83.4 cm³/mol. The summed E-state index contributed by atoms with van der Waals surface area (Å²) in [5, 5.41) is 11.7. The highest BCUT2D eigenvalue weighted by atomic mass is 79.9. The lowest BCUT2D eigenvalue weighted by molar-refractivity contribution is -0.121. The van der Waals surface area contributed by atoms with Crippen molar-refractivity contribution in [2.45, 2.75) is 36.0 Å². The number of halogens is 2. The van der Waals surface area contributed by atoms with Crippen molar-refractivity contribution in [1.82, 2.24) is 5.32 Å². The number of benzene rings is 1. The molecule has 0 saturated carbocycles. The standard InChI is InChI=1S/C14H16Br2N2O/c1-14(2,3)18-13(19)12(16)11(15)10-6-4-9(8-17)5-7-10/h4-7,11-12H,1-3H3,(H,18,19)/t11-,12-/m1/s1. The molecule has 2 atom stereocenters. The fourth-order valence-corrected chi connectivity index (χ4v) is 2.45. The van der Waals surface area contributed by atoms with E-state index < -0.39 is 0 Å². The van der Waals surface area contributed by atoms with Crippen LogP contribution >= 0.6 is 31.9 Å². The predicted octanol–water partition coefficient (Wildman–Crippen LogP) is 3.67. The van der Waals surface area contributed by atoms with E-state index in [2.05, 4.69) is 43.2 Å². The topological polar surface area (TPSA) is 52.9 Å². The Bertz CT molecular complexity index is 486. The average Bonchev–Trinajstić information content (AvgIpc) is 2.35. The molecule has 0 unspecified atom stereocenters. The minimum Gasteiger partial charge on any atom is -0.350 e. The summed E-state index contributed by atoms with van der Waals surface area (Å²) >= 11 is 6.93. The van der Waals surface area contributed by atoms with Crippen molar-refractivity contribution < 1.29 is 4.79 Å². The van der Waals surface area contributed by atoms with Gasteiger partial charge in [-0.25, -0.2) is 0 Å². The molecule has 102 valence electrons. The molecule has 0 aromatic heterocycles. The number of nitrogens with one attached hydrogen (secondary N) is 1. The number of rotatable bonds is 3. The van der Waals surface area contributed by atoms with Crippen LogP contribution in [0.4, 0.5) is 0 Å². The van der Waals surface area contributed by atoms with Crippen molar-refractivity contribution in [3.8, 4) is 6.07 Å². The minimum atomic E-state index is -0.375. The molecular formula is C14H16Br2N2O. The summed E-state index contributed by atoms with van der Waals surface area (Å²) in [5.74, 6) is -0.0706. The van der Waals surface area contributed by atoms with Crippen LogP contribution in [0.15, 0.2) is 24.3 Å². The number of hydrogen-bond donors (Lipinski definition) is 1. The first kappa shape index (κ1) is 16.2. The summed E-state index contributed by atoms with van der Waals surface area (Å²) in [6.07, 6.45) is 0. The second-order valence-corrected chi connectivity index (χ2v) is 7.25. The molecule has 0 saturated heterocycles. The van der Waals surface area contributed by atoms with Gasteiger partial charge in [-0.05, 0) is 38.5 Å². The summed E-state index contributed by atoms with van der Waals surface area (Å²) in [6, 6.07) is 9.24. The Kier molecular flexibility index (Phi) is 5.57. The van der Waals surface area contributed by atoms with E-state index >= 15 is 0 Å². The van der Waals surface area contributed by atoms with E-state index in [9.17, 15) is 4.79 Å². The van der Waals surface area contributed by atoms with Gasteiger partial charge in [0.1, 0.15) is 4.83 Å². The maximum absolute atomic E-state index is 12.1. The maximum atomic E-state index is 12.1. The molecule has 0 bridgehead atoms. The highest BCUT2D eigenvalue weighted by molar-refractivity contribution is 9.12. The molecule has 0 fully saturated rings. The summed E-state index contributed by atoms with van der Waals surface area (Å²) in [6.45, 7) is 5.82. The van der Waals surface area contributed by atoms with Gasteiger partial charge in [0, 0.05) is 5.54 Å². The Morgan fingerprint density at radius 2 is 1.79 bits per heavy atom. The maximum Gasteiger partial charge on any atom is 0.235 e. The fourth-order valence-electron chi connectivity index (χ4n) is 1.48. The lowest BCUT2D eigenvalue weighted by atomic mass is 10.1. The number of nitriles is 1. The average molecular weight is 388 g/mol. The molecule has 0 spiro atoms. The Hall–Kier alpha value is -0.860. The molecule has 0 radical (unpaired) electrons. The van der Waals surface area contributed by atoms with Gasteiger partial charge in [0.2, 0.25) is 5.91 Å². The normalized spacial score (nSPS) is 14.3. The van der Waals surface area contributed by atoms with Crippen molar-refractivity contribution in [1.29, 1.82) is 5.26 Å². The van der Waals surface area contributed by atoms with Crippen LogP contribution in [0.5, 0.6) is 0 Å². The number of nitrogens with zero attached hydrogens (tertiary/aromatic N) is 1. The molecule has 0 heterocycles. The zero-order valence-corrected chi connectivity index (χ0v) is 14.2. The molecule has 0 aliphatic heterocycles. The van der Waals surface area contributed by atoms with Crippen molar-refractivity contribution in [3.05, 3.63) is 35.4 Å². The number of carbonyl (C=O) groups excluding carboxylic acids is 1. The lowest BCUT2D eigenvalue weighted by Gasteiger charge is -2.24. The molecule has 0 aliphatic carbocycles. The van der Waals surface area contributed by atoms with Crippen LogP contribution in [0, 0.1) is 11.3 Å². The quantitative estimate of drug-likeness (QED) is 0.804. The molecule has 1 amide bonds. The van der Waals surface area contributed by atoms with Crippen molar-refractivity contribution >= 4 is 37.8 Å². The van der Waals surface area contributed by atoms with Crippen LogP contribution in [0.1, 0.15) is 36.7 Å². The van der Waals surface area contributed by atoms with Crippen LogP contribution in [0.3, 0.4) is 0 Å². The number of amides is 1. The third-order valence-corrected chi connectivity index (χ3v) is 5.08. The van der Waals surface area contributed by atoms with Gasteiger partial charge in [0.05, 0.1) is 16.5 Å². The van der Waals surface area contributed by atoms with Gasteiger partial charge in [-0.15, -0.1) is 0 Å². The van der Waals surface area contributed by atoms with Crippen LogP contribution in [-0.4, -0.2) is 16.3 Å². The SMILES string of the molecule is CC(C)(C)NC(=O)[C@H](Br)[C@H](Br)c1ccc(C#N)cc1. The summed E-state index contributed by atoms with van der Waals surface area (Å²) in [5.41, 5.74) is 1.29. The minimum absolute atomic E-state index is 0.0706. The van der Waals surface area contributed by atoms with Crippen LogP contribution < -0.4 is 5.32 Å². The van der Waals surface area contributed by atoms with E-state index in [1.165, 1.54) is 0 Å². The smallest absolute Gasteiger partial charge is 0.235 e. The highest BCUT2D eigenvalue weighted by Gasteiger charge is 2.27. The van der Waals surface area contributed by atoms with E-state index in [-0.39, 0.29) is 21.1 Å². The Morgan fingerprint density at radius 3 is 2.21 bits per heavy atom. The first-order chi connectivity index (χ1) is 8.74. The summed E-state index contributed by atoms with van der Waals surface area (Å²) in [4.78, 5) is 11.5. The summed E-state index contributed by atoms with van der Waals surface area (Å²) in [7, 11) is 0. The molecule has 1 N–H and O–H groups in total. The van der Waals surface area contributed by atoms with Gasteiger partial charge in [0.25, 0.3) is 0 Å². The zero-order chi connectivity index (χ0) is 14.6. The van der Waals surface area contributed by atoms with Crippen molar-refractivity contribution in [2.24, 2.45) is 0 Å². The second kappa shape index (κ2) is 6.53. The number of hydrogen-bond acceptors (Lipinski definition) is 2. The molecule has 5 heteroatoms. The van der Waals surface area contributed by atoms with E-state index in [4.69, 9.17) is 5.26 Å². The van der Waals surface area contributed by atoms with E-state index in [0.717, 1.165) is 5.56 Å². The van der Waals surface area contributed by atoms with Gasteiger partial charge in [0.15, 0.2) is 0 Å². The molecule has 1 aromatic rings. The Morgan fingerprint density at radius 1 is 1.26 bits per heavy atom. The molecule has 1 rings (SSSR count). The third-order valence-electron chi connectivity index (χ3n) is 2.36. The summed E-state index contributed by atoms with van der Waals surface area (Å²) < 4.78 is 0. The Labute approximate surface area is 130 Å². The largest absolute Gasteiger partial charge is 0.350 e. The van der Waals surface area contributed by atoms with E-state index in [1.54, 1.807) is 12.1 Å². The van der Waals surface area contributed by atoms with E-state index in [0.29, 0.717) is 5.56 Å². The molecule has 19 heavy (non-hydrogen) atoms. The molecule has 3 nitrogen and oxygen atoms in total. The van der Waals surface area contributed by atoms with Gasteiger partial charge >= 0.3 is 0 Å². The number of carbonyl (C=O) groups is 1. The van der Waals surface area contributed by atoms with Gasteiger partial charge < -0.3 is 5.32 Å². The molecule has 0 aliphatic rings. The molecule has 1 aromatic carbocycles. The van der Waals surface area contributed by atoms with Crippen molar-refractivity contribution in [3.63, 3.8) is 0 Å².